The summed E-state index contributed by atoms with van der Waals surface area (Å²) in [4.78, 5) is 0. The summed E-state index contributed by atoms with van der Waals surface area (Å²) in [6.07, 6.45) is 1.72. The van der Waals surface area contributed by atoms with Gasteiger partial charge in [0, 0.05) is 13.6 Å². The first-order valence-corrected chi connectivity index (χ1v) is 7.18. The Balaban J connectivity index is 2.23. The van der Waals surface area contributed by atoms with Gasteiger partial charge in [0.25, 0.3) is 0 Å². The van der Waals surface area contributed by atoms with Crippen LogP contribution in [0.1, 0.15) is 11.1 Å². The molecule has 0 atom stereocenters. The van der Waals surface area contributed by atoms with Crippen molar-refractivity contribution >= 4 is 50.4 Å². The van der Waals surface area contributed by atoms with Gasteiger partial charge in [0.2, 0.25) is 0 Å². The van der Waals surface area contributed by atoms with E-state index in [9.17, 15) is 5.11 Å². The van der Waals surface area contributed by atoms with Gasteiger partial charge in [0.15, 0.2) is 0 Å². The van der Waals surface area contributed by atoms with Gasteiger partial charge in [-0.15, -0.1) is 0 Å². The largest absolute Gasteiger partial charge is 0.507 e. The van der Waals surface area contributed by atoms with Crippen molar-refractivity contribution in [2.24, 2.45) is 0 Å². The van der Waals surface area contributed by atoms with Crippen LogP contribution in [0.15, 0.2) is 40.9 Å². The maximum Gasteiger partial charge on any atom is 0.138 e. The summed E-state index contributed by atoms with van der Waals surface area (Å²) < 4.78 is 7.86. The zero-order valence-corrected chi connectivity index (χ0v) is 12.9. The summed E-state index contributed by atoms with van der Waals surface area (Å²) in [7, 11) is 0. The Morgan fingerprint density at radius 3 is 2.67 bits per heavy atom. The third kappa shape index (κ3) is 2.14. The lowest BCUT2D eigenvalue weighted by atomic mass is 10.1. The fourth-order valence-electron chi connectivity index (χ4n) is 1.86. The molecule has 3 rings (SSSR count). The van der Waals surface area contributed by atoms with E-state index >= 15 is 0 Å². The molecule has 2 aromatic carbocycles. The molecule has 0 amide bonds. The van der Waals surface area contributed by atoms with Crippen LogP contribution in [0.5, 0.6) is 11.5 Å². The Bertz CT molecular complexity index is 665. The summed E-state index contributed by atoms with van der Waals surface area (Å²) in [5.74, 6) is 1.63. The minimum absolute atomic E-state index is 0.223. The number of benzene rings is 2. The first kappa shape index (κ1) is 12.0. The maximum atomic E-state index is 10.2. The molecule has 1 aliphatic heterocycles. The molecule has 2 aromatic rings. The van der Waals surface area contributed by atoms with E-state index in [0.29, 0.717) is 11.3 Å². The molecule has 18 heavy (non-hydrogen) atoms. The van der Waals surface area contributed by atoms with Crippen molar-refractivity contribution in [3.05, 3.63) is 55.6 Å². The van der Waals surface area contributed by atoms with Crippen LogP contribution in [0.2, 0.25) is 0 Å². The lowest BCUT2D eigenvalue weighted by Crippen LogP contribution is -1.89. The van der Waals surface area contributed by atoms with Gasteiger partial charge >= 0.3 is 0 Å². The van der Waals surface area contributed by atoms with Crippen molar-refractivity contribution in [1.82, 2.24) is 0 Å². The predicted molar refractivity (Wildman–Crippen MR) is 83.9 cm³/mol. The van der Waals surface area contributed by atoms with Gasteiger partial charge in [-0.1, -0.05) is 15.9 Å². The summed E-state index contributed by atoms with van der Waals surface area (Å²) in [6.45, 7) is 0. The Labute approximate surface area is 127 Å². The number of rotatable bonds is 0. The molecule has 0 aliphatic carbocycles. The third-order valence-corrected chi connectivity index (χ3v) is 3.87. The first-order chi connectivity index (χ1) is 8.63. The van der Waals surface area contributed by atoms with Crippen molar-refractivity contribution in [2.75, 3.05) is 0 Å². The average molecular weight is 415 g/mol. The second kappa shape index (κ2) is 4.59. The fraction of sp³-hybridized carbons (Fsp3) is 0. The molecule has 0 spiro atoms. The SMILES string of the molecule is OC1=Cc2cc(Br)ccc2Oc2ccc(I)cc21. The zero-order chi connectivity index (χ0) is 12.7. The quantitative estimate of drug-likeness (QED) is 0.599. The number of ether oxygens (including phenoxy) is 1. The maximum absolute atomic E-state index is 10.2. The van der Waals surface area contributed by atoms with E-state index < -0.39 is 0 Å². The van der Waals surface area contributed by atoms with Crippen molar-refractivity contribution in [2.45, 2.75) is 0 Å². The molecule has 2 nitrogen and oxygen atoms in total. The van der Waals surface area contributed by atoms with Gasteiger partial charge in [-0.3, -0.25) is 0 Å². The van der Waals surface area contributed by atoms with Crippen LogP contribution >= 0.6 is 38.5 Å². The van der Waals surface area contributed by atoms with Crippen molar-refractivity contribution in [3.63, 3.8) is 0 Å². The van der Waals surface area contributed by atoms with E-state index in [1.807, 2.05) is 36.4 Å². The van der Waals surface area contributed by atoms with Gasteiger partial charge in [-0.2, -0.15) is 0 Å². The molecule has 0 radical (unpaired) electrons. The second-order valence-electron chi connectivity index (χ2n) is 3.95. The topological polar surface area (TPSA) is 29.5 Å². The monoisotopic (exact) mass is 414 g/mol. The molecular weight excluding hydrogens is 407 g/mol. The molecule has 0 fully saturated rings. The van der Waals surface area contributed by atoms with E-state index in [0.717, 1.165) is 19.4 Å². The standard InChI is InChI=1S/C14H8BrIO2/c15-9-1-3-13-8(5-9)6-12(17)11-7-10(16)2-4-14(11)18-13/h1-7,17H. The number of hydrogen-bond acceptors (Lipinski definition) is 2. The summed E-state index contributed by atoms with van der Waals surface area (Å²) in [5, 5.41) is 10.2. The number of aliphatic hydroxyl groups excluding tert-OH is 1. The average Bonchev–Trinajstić information content (AvgIpc) is 2.46. The molecule has 1 heterocycles. The molecule has 0 saturated heterocycles. The van der Waals surface area contributed by atoms with Crippen LogP contribution in [0, 0.1) is 3.57 Å². The van der Waals surface area contributed by atoms with E-state index in [4.69, 9.17) is 4.74 Å². The van der Waals surface area contributed by atoms with E-state index in [-0.39, 0.29) is 5.76 Å². The second-order valence-corrected chi connectivity index (χ2v) is 6.12. The van der Waals surface area contributed by atoms with Gasteiger partial charge < -0.3 is 9.84 Å². The third-order valence-electron chi connectivity index (χ3n) is 2.70. The molecule has 0 aromatic heterocycles. The fourth-order valence-corrected chi connectivity index (χ4v) is 2.73. The molecule has 1 N–H and O–H groups in total. The highest BCUT2D eigenvalue weighted by atomic mass is 127. The van der Waals surface area contributed by atoms with Crippen LogP contribution in [0.3, 0.4) is 0 Å². The Hall–Kier alpha value is -1.01. The minimum atomic E-state index is 0.223. The van der Waals surface area contributed by atoms with Gasteiger partial charge in [-0.25, -0.2) is 0 Å². The predicted octanol–water partition coefficient (Wildman–Crippen LogP) is 5.22. The Morgan fingerprint density at radius 1 is 1.06 bits per heavy atom. The normalized spacial score (nSPS) is 12.9. The first-order valence-electron chi connectivity index (χ1n) is 5.31. The lowest BCUT2D eigenvalue weighted by molar-refractivity contribution is 0.472. The Kier molecular flexibility index (Phi) is 3.07. The number of hydrogen-bond donors (Lipinski definition) is 1. The molecular formula is C14H8BrIO2. The Morgan fingerprint density at radius 2 is 1.83 bits per heavy atom. The van der Waals surface area contributed by atoms with E-state index in [2.05, 4.69) is 38.5 Å². The molecule has 0 bridgehead atoms. The molecule has 90 valence electrons. The van der Waals surface area contributed by atoms with Crippen LogP contribution in [0.25, 0.3) is 11.8 Å². The summed E-state index contributed by atoms with van der Waals surface area (Å²) in [6, 6.07) is 11.5. The van der Waals surface area contributed by atoms with Gasteiger partial charge in [0.05, 0.1) is 5.56 Å². The lowest BCUT2D eigenvalue weighted by Gasteiger charge is -2.09. The number of aliphatic hydroxyl groups is 1. The highest BCUT2D eigenvalue weighted by Crippen LogP contribution is 2.38. The highest BCUT2D eigenvalue weighted by molar-refractivity contribution is 14.1. The van der Waals surface area contributed by atoms with Crippen molar-refractivity contribution < 1.29 is 9.84 Å². The number of halogens is 2. The molecule has 4 heteroatoms. The van der Waals surface area contributed by atoms with Gasteiger partial charge in [-0.05, 0) is 65.1 Å². The molecule has 0 saturated carbocycles. The van der Waals surface area contributed by atoms with E-state index in [1.54, 1.807) is 6.08 Å². The van der Waals surface area contributed by atoms with E-state index in [1.165, 1.54) is 0 Å². The van der Waals surface area contributed by atoms with Crippen LogP contribution in [-0.4, -0.2) is 5.11 Å². The van der Waals surface area contributed by atoms with Crippen molar-refractivity contribution in [3.8, 4) is 11.5 Å². The summed E-state index contributed by atoms with van der Waals surface area (Å²) >= 11 is 5.63. The van der Waals surface area contributed by atoms with Crippen LogP contribution < -0.4 is 4.74 Å². The molecule has 0 unspecified atom stereocenters. The van der Waals surface area contributed by atoms with Gasteiger partial charge in [0.1, 0.15) is 17.3 Å². The number of fused-ring (bicyclic) bond motifs is 2. The highest BCUT2D eigenvalue weighted by Gasteiger charge is 2.16. The zero-order valence-electron chi connectivity index (χ0n) is 9.15. The van der Waals surface area contributed by atoms with Crippen LogP contribution in [0.4, 0.5) is 0 Å². The smallest absolute Gasteiger partial charge is 0.138 e. The van der Waals surface area contributed by atoms with Crippen LogP contribution in [-0.2, 0) is 0 Å². The van der Waals surface area contributed by atoms with Crippen molar-refractivity contribution in [1.29, 1.82) is 0 Å². The molecule has 1 aliphatic rings. The minimum Gasteiger partial charge on any atom is -0.507 e. The summed E-state index contributed by atoms with van der Waals surface area (Å²) in [5.41, 5.74) is 1.57.